The molecule has 13 heavy (non-hydrogen) atoms. The van der Waals surface area contributed by atoms with Crippen LogP contribution in [0.15, 0.2) is 12.4 Å². The van der Waals surface area contributed by atoms with Crippen molar-refractivity contribution in [2.24, 2.45) is 0 Å². The predicted octanol–water partition coefficient (Wildman–Crippen LogP) is 2.06. The Morgan fingerprint density at radius 2 is 2.46 bits per heavy atom. The molecular weight excluding hydrogens is 186 g/mol. The van der Waals surface area contributed by atoms with Crippen molar-refractivity contribution in [2.45, 2.75) is 38.3 Å². The Hall–Kier alpha value is -0.540. The van der Waals surface area contributed by atoms with Crippen LogP contribution in [-0.2, 0) is 0 Å². The molecule has 0 radical (unpaired) electrons. The van der Waals surface area contributed by atoms with Gasteiger partial charge in [-0.15, -0.1) is 0 Å². The normalized spacial score (nSPS) is 26.8. The van der Waals surface area contributed by atoms with E-state index in [4.69, 9.17) is 11.8 Å². The lowest BCUT2D eigenvalue weighted by Crippen LogP contribution is -2.03. The molecule has 1 heterocycles. The molecule has 1 aromatic rings. The lowest BCUT2D eigenvalue weighted by Gasteiger charge is -2.02. The number of halogens is 1. The maximum Gasteiger partial charge on any atom is 0.0525 e. The van der Waals surface area contributed by atoms with E-state index in [-0.39, 0.29) is 0 Å². The molecule has 2 rings (SSSR count). The second-order valence-electron chi connectivity index (χ2n) is 3.91. The first-order valence-electron chi connectivity index (χ1n) is 4.62. The van der Waals surface area contributed by atoms with Gasteiger partial charge in [0.15, 0.2) is 0 Å². The van der Waals surface area contributed by atoms with Gasteiger partial charge in [0.05, 0.1) is 6.20 Å². The lowest BCUT2D eigenvalue weighted by molar-refractivity contribution is 0.532. The van der Waals surface area contributed by atoms with Crippen molar-refractivity contribution in [2.75, 3.05) is 0 Å². The van der Waals surface area contributed by atoms with E-state index >= 15 is 0 Å². The Balaban J connectivity index is 2.07. The number of aromatic nitrogens is 2. The Bertz CT molecular complexity index is 295. The highest BCUT2D eigenvalue weighted by Crippen LogP contribution is 2.40. The molecule has 1 fully saturated rings. The maximum absolute atomic E-state index is 5.54. The van der Waals surface area contributed by atoms with Crippen LogP contribution in [0, 0.1) is 0 Å². The summed E-state index contributed by atoms with van der Waals surface area (Å²) in [6.07, 6.45) is 5.19. The minimum Gasteiger partial charge on any atom is -0.270 e. The summed E-state index contributed by atoms with van der Waals surface area (Å²) in [5, 5.41) is 4.29. The molecule has 1 aromatic heterocycles. The molecule has 0 amide bonds. The van der Waals surface area contributed by atoms with Crippen LogP contribution < -0.4 is 4.84 Å². The highest BCUT2D eigenvalue weighted by Gasteiger charge is 2.38. The summed E-state index contributed by atoms with van der Waals surface area (Å²) in [7, 11) is 0. The van der Waals surface area contributed by atoms with Crippen LogP contribution in [0.3, 0.4) is 0 Å². The Morgan fingerprint density at radius 1 is 1.69 bits per heavy atom. The molecule has 1 aliphatic rings. The fourth-order valence-corrected chi connectivity index (χ4v) is 1.75. The topological polar surface area (TPSA) is 29.9 Å². The Labute approximate surface area is 83.2 Å². The van der Waals surface area contributed by atoms with Crippen LogP contribution in [0.2, 0.25) is 0 Å². The van der Waals surface area contributed by atoms with Crippen molar-refractivity contribution < 1.29 is 0 Å². The van der Waals surface area contributed by atoms with Crippen molar-refractivity contribution in [1.29, 1.82) is 0 Å². The summed E-state index contributed by atoms with van der Waals surface area (Å²) in [4.78, 5) is 2.76. The molecule has 72 valence electrons. The second-order valence-corrected chi connectivity index (χ2v) is 4.12. The zero-order valence-electron chi connectivity index (χ0n) is 7.87. The summed E-state index contributed by atoms with van der Waals surface area (Å²) < 4.78 is 1.99. The number of nitrogens with zero attached hydrogens (tertiary/aromatic N) is 2. The molecule has 1 aliphatic carbocycles. The molecule has 0 bridgehead atoms. The average molecular weight is 200 g/mol. The fraction of sp³-hybridized carbons (Fsp3) is 0.667. The van der Waals surface area contributed by atoms with Crippen molar-refractivity contribution in [3.8, 4) is 0 Å². The average Bonchev–Trinajstić information content (AvgIpc) is 2.73. The van der Waals surface area contributed by atoms with E-state index in [0.717, 1.165) is 6.42 Å². The zero-order valence-corrected chi connectivity index (χ0v) is 8.62. The molecule has 2 atom stereocenters. The van der Waals surface area contributed by atoms with E-state index in [1.807, 2.05) is 10.9 Å². The molecule has 2 unspecified atom stereocenters. The minimum atomic E-state index is 0.440. The van der Waals surface area contributed by atoms with E-state index in [1.165, 1.54) is 5.56 Å². The third-order valence-corrected chi connectivity index (χ3v) is 2.79. The van der Waals surface area contributed by atoms with E-state index in [9.17, 15) is 0 Å². The first-order valence-corrected chi connectivity index (χ1v) is 5.00. The van der Waals surface area contributed by atoms with Crippen LogP contribution in [0.4, 0.5) is 0 Å². The van der Waals surface area contributed by atoms with Crippen LogP contribution in [0.5, 0.6) is 0 Å². The smallest absolute Gasteiger partial charge is 0.0525 e. The summed E-state index contributed by atoms with van der Waals surface area (Å²) in [5.41, 5.74) is 1.30. The van der Waals surface area contributed by atoms with Gasteiger partial charge in [0, 0.05) is 24.2 Å². The van der Waals surface area contributed by atoms with E-state index in [0.29, 0.717) is 18.0 Å². The third-order valence-electron chi connectivity index (χ3n) is 2.51. The summed E-state index contributed by atoms with van der Waals surface area (Å²) in [6.45, 7) is 4.25. The third kappa shape index (κ3) is 1.71. The highest BCUT2D eigenvalue weighted by atomic mass is 35.5. The second kappa shape index (κ2) is 3.31. The molecule has 1 N–H and O–H groups in total. The standard InChI is InChI=1S/C9H14ClN3/c1-6(2)13-5-7(4-11-13)8-3-9(8)12-10/h4-6,8-9,12H,3H2,1-2H3. The number of hydrogen-bond acceptors (Lipinski definition) is 2. The van der Waals surface area contributed by atoms with Crippen LogP contribution in [0.25, 0.3) is 0 Å². The van der Waals surface area contributed by atoms with Gasteiger partial charge in [-0.05, 0) is 37.6 Å². The first kappa shape index (κ1) is 9.03. The predicted molar refractivity (Wildman–Crippen MR) is 52.7 cm³/mol. The lowest BCUT2D eigenvalue weighted by atomic mass is 10.2. The Morgan fingerprint density at radius 3 is 2.92 bits per heavy atom. The molecule has 3 nitrogen and oxygen atoms in total. The van der Waals surface area contributed by atoms with Gasteiger partial charge in [0.25, 0.3) is 0 Å². The number of hydrogen-bond donors (Lipinski definition) is 1. The molecule has 0 aliphatic heterocycles. The van der Waals surface area contributed by atoms with Crippen LogP contribution >= 0.6 is 11.8 Å². The van der Waals surface area contributed by atoms with Gasteiger partial charge < -0.3 is 0 Å². The maximum atomic E-state index is 5.54. The van der Waals surface area contributed by atoms with Crippen molar-refractivity contribution >= 4 is 11.8 Å². The summed E-state index contributed by atoms with van der Waals surface area (Å²) >= 11 is 5.54. The Kier molecular flexibility index (Phi) is 2.30. The van der Waals surface area contributed by atoms with Gasteiger partial charge in [-0.25, -0.2) is 4.84 Å². The summed E-state index contributed by atoms with van der Waals surface area (Å²) in [6, 6.07) is 0.890. The molecule has 4 heteroatoms. The van der Waals surface area contributed by atoms with E-state index in [1.54, 1.807) is 0 Å². The van der Waals surface area contributed by atoms with Gasteiger partial charge in [-0.1, -0.05) is 0 Å². The van der Waals surface area contributed by atoms with Crippen LogP contribution in [-0.4, -0.2) is 15.8 Å². The van der Waals surface area contributed by atoms with Gasteiger partial charge in [0.2, 0.25) is 0 Å². The SMILES string of the molecule is CC(C)n1cc(C2CC2NCl)cn1. The highest BCUT2D eigenvalue weighted by molar-refractivity contribution is 6.13. The minimum absolute atomic E-state index is 0.440. The fourth-order valence-electron chi connectivity index (χ4n) is 1.51. The quantitative estimate of drug-likeness (QED) is 0.756. The first-order chi connectivity index (χ1) is 6.22. The molecule has 0 aromatic carbocycles. The van der Waals surface area contributed by atoms with Gasteiger partial charge in [0.1, 0.15) is 0 Å². The van der Waals surface area contributed by atoms with E-state index < -0.39 is 0 Å². The van der Waals surface area contributed by atoms with Crippen LogP contribution in [0.1, 0.15) is 37.8 Å². The van der Waals surface area contributed by atoms with E-state index in [2.05, 4.69) is 30.0 Å². The van der Waals surface area contributed by atoms with Gasteiger partial charge in [-0.2, -0.15) is 5.10 Å². The van der Waals surface area contributed by atoms with Crippen molar-refractivity contribution in [3.63, 3.8) is 0 Å². The van der Waals surface area contributed by atoms with Crippen molar-refractivity contribution in [3.05, 3.63) is 18.0 Å². The number of nitrogens with one attached hydrogen (secondary N) is 1. The van der Waals surface area contributed by atoms with Gasteiger partial charge in [-0.3, -0.25) is 4.68 Å². The molecular formula is C9H14ClN3. The molecule has 1 saturated carbocycles. The zero-order chi connectivity index (χ0) is 9.42. The molecule has 0 saturated heterocycles. The summed E-state index contributed by atoms with van der Waals surface area (Å²) in [5.74, 6) is 0.574. The largest absolute Gasteiger partial charge is 0.270 e. The van der Waals surface area contributed by atoms with Gasteiger partial charge >= 0.3 is 0 Å². The monoisotopic (exact) mass is 199 g/mol. The van der Waals surface area contributed by atoms with Crippen molar-refractivity contribution in [1.82, 2.24) is 14.6 Å². The number of rotatable bonds is 3. The molecule has 0 spiro atoms.